The summed E-state index contributed by atoms with van der Waals surface area (Å²) in [6, 6.07) is 11.7. The van der Waals surface area contributed by atoms with E-state index in [9.17, 15) is 5.11 Å². The molecule has 21 heavy (non-hydrogen) atoms. The van der Waals surface area contributed by atoms with Crippen molar-refractivity contribution in [1.82, 2.24) is 15.0 Å². The maximum atomic E-state index is 10.5. The van der Waals surface area contributed by atoms with Crippen LogP contribution in [0.5, 0.6) is 5.75 Å². The van der Waals surface area contributed by atoms with E-state index in [-0.39, 0.29) is 0 Å². The van der Waals surface area contributed by atoms with Gasteiger partial charge in [-0.15, -0.1) is 5.10 Å². The number of aromatic nitrogens is 3. The van der Waals surface area contributed by atoms with Gasteiger partial charge in [-0.1, -0.05) is 35.5 Å². The summed E-state index contributed by atoms with van der Waals surface area (Å²) >= 11 is 0. The number of benzene rings is 2. The number of fused-ring (bicyclic) bond motifs is 1. The third kappa shape index (κ3) is 2.60. The second kappa shape index (κ2) is 5.54. The van der Waals surface area contributed by atoms with E-state index < -0.39 is 6.10 Å². The summed E-state index contributed by atoms with van der Waals surface area (Å²) in [5, 5.41) is 20.4. The van der Waals surface area contributed by atoms with Crippen molar-refractivity contribution in [2.24, 2.45) is 7.05 Å². The standard InChI is InChI=1S/C16H17N3O2/c1-19-10-11(17-18-19)9-15(20)13-7-8-16(21-2)14-6-4-3-5-12(13)14/h3-8,10,15,20H,9H2,1-2H3. The molecule has 1 N–H and O–H groups in total. The quantitative estimate of drug-likeness (QED) is 0.798. The SMILES string of the molecule is COc1ccc(C(O)Cc2cn(C)nn2)c2ccccc12. The van der Waals surface area contributed by atoms with Crippen molar-refractivity contribution < 1.29 is 9.84 Å². The third-order valence-electron chi connectivity index (χ3n) is 3.55. The highest BCUT2D eigenvalue weighted by molar-refractivity contribution is 5.91. The zero-order chi connectivity index (χ0) is 14.8. The second-order valence-electron chi connectivity index (χ2n) is 5.01. The lowest BCUT2D eigenvalue weighted by Crippen LogP contribution is -2.03. The first-order valence-corrected chi connectivity index (χ1v) is 6.78. The summed E-state index contributed by atoms with van der Waals surface area (Å²) in [6.45, 7) is 0. The fraction of sp³-hybridized carbons (Fsp3) is 0.250. The Morgan fingerprint density at radius 2 is 1.95 bits per heavy atom. The maximum absolute atomic E-state index is 10.5. The molecule has 5 nitrogen and oxygen atoms in total. The molecule has 2 aromatic carbocycles. The molecule has 3 aromatic rings. The molecule has 3 rings (SSSR count). The summed E-state index contributed by atoms with van der Waals surface area (Å²) in [5.41, 5.74) is 1.64. The molecule has 0 amide bonds. The first kappa shape index (κ1) is 13.6. The van der Waals surface area contributed by atoms with Crippen molar-refractivity contribution in [3.8, 4) is 5.75 Å². The molecule has 0 bridgehead atoms. The molecule has 0 saturated carbocycles. The van der Waals surface area contributed by atoms with E-state index >= 15 is 0 Å². The Morgan fingerprint density at radius 1 is 1.19 bits per heavy atom. The van der Waals surface area contributed by atoms with Crippen LogP contribution in [0, 0.1) is 0 Å². The first-order chi connectivity index (χ1) is 10.2. The average molecular weight is 283 g/mol. The van der Waals surface area contributed by atoms with Crippen molar-refractivity contribution in [2.75, 3.05) is 7.11 Å². The summed E-state index contributed by atoms with van der Waals surface area (Å²) < 4.78 is 7.01. The maximum Gasteiger partial charge on any atom is 0.126 e. The number of rotatable bonds is 4. The fourth-order valence-corrected chi connectivity index (χ4v) is 2.56. The van der Waals surface area contributed by atoms with Crippen LogP contribution < -0.4 is 4.74 Å². The lowest BCUT2D eigenvalue weighted by atomic mass is 9.97. The zero-order valence-corrected chi connectivity index (χ0v) is 12.0. The van der Waals surface area contributed by atoms with Gasteiger partial charge in [-0.2, -0.15) is 0 Å². The fourth-order valence-electron chi connectivity index (χ4n) is 2.56. The number of hydrogen-bond donors (Lipinski definition) is 1. The normalized spacial score (nSPS) is 12.5. The Labute approximate surface area is 122 Å². The van der Waals surface area contributed by atoms with Crippen LogP contribution in [0.15, 0.2) is 42.6 Å². The van der Waals surface area contributed by atoms with Crippen LogP contribution in [0.4, 0.5) is 0 Å². The molecular weight excluding hydrogens is 266 g/mol. The number of methoxy groups -OCH3 is 1. The predicted octanol–water partition coefficient (Wildman–Crippen LogP) is 2.25. The summed E-state index contributed by atoms with van der Waals surface area (Å²) in [6.07, 6.45) is 1.62. The van der Waals surface area contributed by atoms with Crippen molar-refractivity contribution >= 4 is 10.8 Å². The second-order valence-corrected chi connectivity index (χ2v) is 5.01. The molecule has 108 valence electrons. The molecule has 0 fully saturated rings. The van der Waals surface area contributed by atoms with Gasteiger partial charge in [0.05, 0.1) is 18.9 Å². The number of aliphatic hydroxyl groups excluding tert-OH is 1. The summed E-state index contributed by atoms with van der Waals surface area (Å²) in [4.78, 5) is 0. The highest BCUT2D eigenvalue weighted by atomic mass is 16.5. The Bertz CT molecular complexity index is 767. The van der Waals surface area contributed by atoms with Gasteiger partial charge in [0.2, 0.25) is 0 Å². The number of ether oxygens (including phenoxy) is 1. The topological polar surface area (TPSA) is 60.2 Å². The van der Waals surface area contributed by atoms with E-state index in [0.717, 1.165) is 27.8 Å². The van der Waals surface area contributed by atoms with Crippen LogP contribution in [0.1, 0.15) is 17.4 Å². The van der Waals surface area contributed by atoms with Gasteiger partial charge in [-0.05, 0) is 17.0 Å². The molecule has 0 aliphatic heterocycles. The molecule has 0 aliphatic rings. The lowest BCUT2D eigenvalue weighted by molar-refractivity contribution is 0.178. The van der Waals surface area contributed by atoms with Gasteiger partial charge in [-0.3, -0.25) is 4.68 Å². The molecule has 0 aliphatic carbocycles. The zero-order valence-electron chi connectivity index (χ0n) is 12.0. The molecule has 1 heterocycles. The number of aliphatic hydroxyl groups is 1. The predicted molar refractivity (Wildman–Crippen MR) is 80.2 cm³/mol. The van der Waals surface area contributed by atoms with Crippen LogP contribution in [0.3, 0.4) is 0 Å². The van der Waals surface area contributed by atoms with E-state index in [2.05, 4.69) is 10.3 Å². The van der Waals surface area contributed by atoms with Crippen LogP contribution in [-0.4, -0.2) is 27.2 Å². The van der Waals surface area contributed by atoms with Crippen LogP contribution >= 0.6 is 0 Å². The lowest BCUT2D eigenvalue weighted by Gasteiger charge is -2.14. The van der Waals surface area contributed by atoms with Gasteiger partial charge in [0, 0.05) is 25.1 Å². The van der Waals surface area contributed by atoms with Gasteiger partial charge >= 0.3 is 0 Å². The van der Waals surface area contributed by atoms with E-state index in [4.69, 9.17) is 4.74 Å². The molecule has 1 atom stereocenters. The van der Waals surface area contributed by atoms with Crippen LogP contribution in [0.2, 0.25) is 0 Å². The van der Waals surface area contributed by atoms with Gasteiger partial charge < -0.3 is 9.84 Å². The van der Waals surface area contributed by atoms with Crippen molar-refractivity contribution in [3.05, 3.63) is 53.9 Å². The first-order valence-electron chi connectivity index (χ1n) is 6.78. The van der Waals surface area contributed by atoms with E-state index in [1.54, 1.807) is 11.8 Å². The highest BCUT2D eigenvalue weighted by Gasteiger charge is 2.15. The van der Waals surface area contributed by atoms with Gasteiger partial charge in [0.15, 0.2) is 0 Å². The molecule has 1 aromatic heterocycles. The van der Waals surface area contributed by atoms with Crippen LogP contribution in [0.25, 0.3) is 10.8 Å². The molecule has 0 saturated heterocycles. The average Bonchev–Trinajstić information content (AvgIpc) is 2.91. The van der Waals surface area contributed by atoms with E-state index in [0.29, 0.717) is 6.42 Å². The molecule has 5 heteroatoms. The Morgan fingerprint density at radius 3 is 2.62 bits per heavy atom. The third-order valence-corrected chi connectivity index (χ3v) is 3.55. The van der Waals surface area contributed by atoms with Crippen molar-refractivity contribution in [2.45, 2.75) is 12.5 Å². The monoisotopic (exact) mass is 283 g/mol. The molecule has 0 radical (unpaired) electrons. The summed E-state index contributed by atoms with van der Waals surface area (Å²) in [5.74, 6) is 0.807. The van der Waals surface area contributed by atoms with E-state index in [1.165, 1.54) is 0 Å². The Kier molecular flexibility index (Phi) is 3.58. The van der Waals surface area contributed by atoms with E-state index in [1.807, 2.05) is 49.6 Å². The minimum atomic E-state index is -0.627. The Balaban J connectivity index is 2.00. The number of hydrogen-bond acceptors (Lipinski definition) is 4. The number of aryl methyl sites for hydroxylation is 1. The smallest absolute Gasteiger partial charge is 0.126 e. The minimum absolute atomic E-state index is 0.435. The molecule has 0 spiro atoms. The van der Waals surface area contributed by atoms with Crippen LogP contribution in [-0.2, 0) is 13.5 Å². The highest BCUT2D eigenvalue weighted by Crippen LogP contribution is 2.32. The van der Waals surface area contributed by atoms with Crippen molar-refractivity contribution in [3.63, 3.8) is 0 Å². The minimum Gasteiger partial charge on any atom is -0.496 e. The Hall–Kier alpha value is -2.40. The van der Waals surface area contributed by atoms with Gasteiger partial charge in [0.1, 0.15) is 5.75 Å². The van der Waals surface area contributed by atoms with Gasteiger partial charge in [-0.25, -0.2) is 0 Å². The largest absolute Gasteiger partial charge is 0.496 e. The molecular formula is C16H17N3O2. The van der Waals surface area contributed by atoms with Crippen molar-refractivity contribution in [1.29, 1.82) is 0 Å². The number of nitrogens with zero attached hydrogens (tertiary/aromatic N) is 3. The summed E-state index contributed by atoms with van der Waals surface area (Å²) in [7, 11) is 3.46. The van der Waals surface area contributed by atoms with Gasteiger partial charge in [0.25, 0.3) is 0 Å². The molecule has 1 unspecified atom stereocenters.